The molecule has 1 amide bonds. The fourth-order valence-corrected chi connectivity index (χ4v) is 4.44. The molecular formula is C16H15BrF2N2O3S2. The third-order valence-corrected chi connectivity index (χ3v) is 6.90. The summed E-state index contributed by atoms with van der Waals surface area (Å²) in [5.41, 5.74) is 0.313. The summed E-state index contributed by atoms with van der Waals surface area (Å²) < 4.78 is 51.3. The molecule has 1 N–H and O–H groups in total. The van der Waals surface area contributed by atoms with E-state index in [2.05, 4.69) is 21.2 Å². The fraction of sp³-hybridized carbons (Fsp3) is 0.188. The molecule has 2 rings (SSSR count). The van der Waals surface area contributed by atoms with Gasteiger partial charge in [0.2, 0.25) is 10.0 Å². The van der Waals surface area contributed by atoms with Crippen LogP contribution in [0.2, 0.25) is 0 Å². The molecule has 0 saturated carbocycles. The number of amides is 1. The van der Waals surface area contributed by atoms with E-state index in [-0.39, 0.29) is 21.0 Å². The normalized spacial score (nSPS) is 11.8. The van der Waals surface area contributed by atoms with Crippen LogP contribution >= 0.6 is 27.7 Å². The number of alkyl halides is 2. The average molecular weight is 465 g/mol. The second-order valence-electron chi connectivity index (χ2n) is 5.26. The predicted molar refractivity (Wildman–Crippen MR) is 101 cm³/mol. The van der Waals surface area contributed by atoms with Crippen molar-refractivity contribution in [3.8, 4) is 0 Å². The van der Waals surface area contributed by atoms with Crippen molar-refractivity contribution in [2.24, 2.45) is 0 Å². The van der Waals surface area contributed by atoms with Crippen LogP contribution in [0.3, 0.4) is 0 Å². The quantitative estimate of drug-likeness (QED) is 0.648. The lowest BCUT2D eigenvalue weighted by Gasteiger charge is -2.14. The van der Waals surface area contributed by atoms with Gasteiger partial charge in [0.05, 0.1) is 10.6 Å². The highest BCUT2D eigenvalue weighted by molar-refractivity contribution is 9.10. The lowest BCUT2D eigenvalue weighted by atomic mass is 10.2. The summed E-state index contributed by atoms with van der Waals surface area (Å²) in [7, 11) is -0.995. The molecule has 0 aliphatic carbocycles. The van der Waals surface area contributed by atoms with Crippen LogP contribution in [0.5, 0.6) is 0 Å². The third-order valence-electron chi connectivity index (χ3n) is 3.30. The molecule has 0 saturated heterocycles. The number of anilines is 1. The summed E-state index contributed by atoms with van der Waals surface area (Å²) in [6.45, 7) is 0. The molecule has 10 heteroatoms. The van der Waals surface area contributed by atoms with Gasteiger partial charge in [-0.05, 0) is 46.3 Å². The molecule has 5 nitrogen and oxygen atoms in total. The van der Waals surface area contributed by atoms with Gasteiger partial charge in [-0.3, -0.25) is 4.79 Å². The predicted octanol–water partition coefficient (Wildman–Crippen LogP) is 4.27. The van der Waals surface area contributed by atoms with Gasteiger partial charge in [-0.2, -0.15) is 8.78 Å². The van der Waals surface area contributed by atoms with Gasteiger partial charge in [0.1, 0.15) is 0 Å². The molecule has 0 fully saturated rings. The van der Waals surface area contributed by atoms with Crippen molar-refractivity contribution in [3.63, 3.8) is 0 Å². The van der Waals surface area contributed by atoms with Crippen LogP contribution in [-0.2, 0) is 10.0 Å². The SMILES string of the molecule is CN(C)S(=O)(=O)c1cc(C(=O)Nc2ccccc2SC(F)F)ccc1Br. The molecule has 0 bridgehead atoms. The highest BCUT2D eigenvalue weighted by atomic mass is 79.9. The monoisotopic (exact) mass is 464 g/mol. The van der Waals surface area contributed by atoms with E-state index in [0.717, 1.165) is 4.31 Å². The van der Waals surface area contributed by atoms with Crippen LogP contribution in [-0.4, -0.2) is 38.5 Å². The first-order valence-electron chi connectivity index (χ1n) is 7.20. The highest BCUT2D eigenvalue weighted by Gasteiger charge is 2.22. The number of para-hydroxylation sites is 1. The number of hydrogen-bond acceptors (Lipinski definition) is 4. The van der Waals surface area contributed by atoms with Crippen LogP contribution in [0, 0.1) is 0 Å². The third kappa shape index (κ3) is 4.81. The fourth-order valence-electron chi connectivity index (χ4n) is 2.00. The number of thioether (sulfide) groups is 1. The van der Waals surface area contributed by atoms with E-state index < -0.39 is 21.7 Å². The molecule has 2 aromatic rings. The number of hydrogen-bond donors (Lipinski definition) is 1. The Kier molecular flexibility index (Phi) is 6.78. The van der Waals surface area contributed by atoms with E-state index in [1.807, 2.05) is 0 Å². The Labute approximate surface area is 163 Å². The van der Waals surface area contributed by atoms with E-state index in [4.69, 9.17) is 0 Å². The van der Waals surface area contributed by atoms with Crippen molar-refractivity contribution in [1.29, 1.82) is 0 Å². The summed E-state index contributed by atoms with van der Waals surface area (Å²) >= 11 is 3.48. The average Bonchev–Trinajstić information content (AvgIpc) is 2.56. The van der Waals surface area contributed by atoms with Gasteiger partial charge in [0.15, 0.2) is 0 Å². The Morgan fingerprint density at radius 2 is 1.85 bits per heavy atom. The summed E-state index contributed by atoms with van der Waals surface area (Å²) in [4.78, 5) is 12.6. The van der Waals surface area contributed by atoms with Crippen molar-refractivity contribution < 1.29 is 22.0 Å². The van der Waals surface area contributed by atoms with Gasteiger partial charge >= 0.3 is 0 Å². The minimum Gasteiger partial charge on any atom is -0.321 e. The summed E-state index contributed by atoms with van der Waals surface area (Å²) in [5.74, 6) is -3.23. The molecule has 2 aromatic carbocycles. The van der Waals surface area contributed by atoms with Crippen molar-refractivity contribution in [3.05, 3.63) is 52.5 Å². The molecule has 0 atom stereocenters. The van der Waals surface area contributed by atoms with Crippen molar-refractivity contribution >= 4 is 49.3 Å². The molecule has 0 aliphatic heterocycles. The van der Waals surface area contributed by atoms with E-state index in [9.17, 15) is 22.0 Å². The van der Waals surface area contributed by atoms with Crippen LogP contribution in [0.15, 0.2) is 56.7 Å². The Bertz CT molecular complexity index is 921. The van der Waals surface area contributed by atoms with Crippen molar-refractivity contribution in [2.45, 2.75) is 15.5 Å². The van der Waals surface area contributed by atoms with Crippen LogP contribution in [0.25, 0.3) is 0 Å². The highest BCUT2D eigenvalue weighted by Crippen LogP contribution is 2.32. The summed E-state index contributed by atoms with van der Waals surface area (Å²) in [6.07, 6.45) is 0. The molecule has 0 aromatic heterocycles. The molecule has 0 unspecified atom stereocenters. The zero-order valence-corrected chi connectivity index (χ0v) is 17.0. The maximum atomic E-state index is 12.6. The topological polar surface area (TPSA) is 66.5 Å². The first kappa shape index (κ1) is 20.8. The van der Waals surface area contributed by atoms with Gasteiger partial charge in [0, 0.05) is 29.0 Å². The number of halogens is 3. The number of nitrogens with one attached hydrogen (secondary N) is 1. The lowest BCUT2D eigenvalue weighted by molar-refractivity contribution is 0.102. The molecule has 140 valence electrons. The lowest BCUT2D eigenvalue weighted by Crippen LogP contribution is -2.23. The minimum atomic E-state index is -3.76. The Balaban J connectivity index is 2.35. The molecule has 0 heterocycles. The summed E-state index contributed by atoms with van der Waals surface area (Å²) in [5, 5.41) is 2.54. The molecule has 26 heavy (non-hydrogen) atoms. The number of carbonyl (C=O) groups excluding carboxylic acids is 1. The zero-order valence-electron chi connectivity index (χ0n) is 13.7. The second-order valence-corrected chi connectivity index (χ2v) is 9.27. The van der Waals surface area contributed by atoms with E-state index in [1.165, 1.54) is 44.4 Å². The number of benzene rings is 2. The van der Waals surface area contributed by atoms with Gasteiger partial charge in [-0.15, -0.1) is 0 Å². The minimum absolute atomic E-state index is 0.0645. The zero-order chi connectivity index (χ0) is 19.5. The number of sulfonamides is 1. The number of nitrogens with zero attached hydrogens (tertiary/aromatic N) is 1. The van der Waals surface area contributed by atoms with E-state index in [0.29, 0.717) is 16.2 Å². The molecule has 0 aliphatic rings. The van der Waals surface area contributed by atoms with Gasteiger partial charge in [-0.25, -0.2) is 12.7 Å². The second kappa shape index (κ2) is 8.47. The van der Waals surface area contributed by atoms with Crippen LogP contribution in [0.1, 0.15) is 10.4 Å². The first-order chi connectivity index (χ1) is 12.1. The van der Waals surface area contributed by atoms with Crippen molar-refractivity contribution in [2.75, 3.05) is 19.4 Å². The molecule has 0 radical (unpaired) electrons. The van der Waals surface area contributed by atoms with Crippen molar-refractivity contribution in [1.82, 2.24) is 4.31 Å². The summed E-state index contributed by atoms with van der Waals surface area (Å²) in [6, 6.07) is 10.3. The van der Waals surface area contributed by atoms with Gasteiger partial charge in [0.25, 0.3) is 11.7 Å². The number of rotatable bonds is 6. The van der Waals surface area contributed by atoms with E-state index >= 15 is 0 Å². The largest absolute Gasteiger partial charge is 0.321 e. The smallest absolute Gasteiger partial charge is 0.288 e. The molecule has 0 spiro atoms. The Hall–Kier alpha value is -1.49. The Morgan fingerprint density at radius 3 is 2.46 bits per heavy atom. The maximum Gasteiger partial charge on any atom is 0.288 e. The van der Waals surface area contributed by atoms with Crippen LogP contribution in [0.4, 0.5) is 14.5 Å². The maximum absolute atomic E-state index is 12.6. The molecular weight excluding hydrogens is 450 g/mol. The standard InChI is InChI=1S/C16H15BrF2N2O3S2/c1-21(2)26(23,24)14-9-10(7-8-11(14)17)15(22)20-12-5-3-4-6-13(12)25-16(18)19/h3-9,16H,1-2H3,(H,20,22). The van der Waals surface area contributed by atoms with Crippen LogP contribution < -0.4 is 5.32 Å². The first-order valence-corrected chi connectivity index (χ1v) is 10.3. The Morgan fingerprint density at radius 1 is 1.19 bits per heavy atom. The van der Waals surface area contributed by atoms with E-state index in [1.54, 1.807) is 12.1 Å². The number of carbonyl (C=O) groups is 1. The van der Waals surface area contributed by atoms with Gasteiger partial charge in [-0.1, -0.05) is 23.9 Å². The van der Waals surface area contributed by atoms with Gasteiger partial charge < -0.3 is 5.32 Å².